The van der Waals surface area contributed by atoms with Gasteiger partial charge in [-0.15, -0.1) is 0 Å². The van der Waals surface area contributed by atoms with E-state index in [0.717, 1.165) is 0 Å². The number of hydrogen-bond donors (Lipinski definition) is 0. The molecule has 100 valence electrons. The van der Waals surface area contributed by atoms with Gasteiger partial charge in [-0.2, -0.15) is 0 Å². The first-order valence-corrected chi connectivity index (χ1v) is 7.31. The molecule has 0 amide bonds. The molecule has 0 nitrogen and oxygen atoms in total. The van der Waals surface area contributed by atoms with Gasteiger partial charge in [0.1, 0.15) is 0 Å². The smallest absolute Gasteiger partial charge is 0.00989 e. The molecule has 0 heterocycles. The Labute approximate surface area is 124 Å². The highest BCUT2D eigenvalue weighted by Crippen LogP contribution is 2.34. The Bertz CT molecular complexity index is 948. The zero-order valence-corrected chi connectivity index (χ0v) is 12.0. The fourth-order valence-corrected chi connectivity index (χ4v) is 3.15. The second kappa shape index (κ2) is 4.75. The van der Waals surface area contributed by atoms with Crippen LogP contribution in [0.15, 0.2) is 78.9 Å². The van der Waals surface area contributed by atoms with E-state index in [1.807, 2.05) is 0 Å². The lowest BCUT2D eigenvalue weighted by molar-refractivity contribution is 1.47. The molecule has 0 aromatic heterocycles. The lowest BCUT2D eigenvalue weighted by Gasteiger charge is -2.11. The largest absolute Gasteiger partial charge is 0.0620 e. The fraction of sp³-hybridized carbons (Fsp3) is 0.0476. The van der Waals surface area contributed by atoms with Crippen LogP contribution in [0.4, 0.5) is 0 Å². The first-order valence-electron chi connectivity index (χ1n) is 7.31. The van der Waals surface area contributed by atoms with Crippen LogP contribution in [0, 0.1) is 6.92 Å². The van der Waals surface area contributed by atoms with E-state index in [2.05, 4.69) is 85.8 Å². The molecule has 0 aliphatic rings. The van der Waals surface area contributed by atoms with Crippen molar-refractivity contribution in [3.05, 3.63) is 84.4 Å². The number of aryl methyl sites for hydroxylation is 1. The average molecular weight is 268 g/mol. The maximum Gasteiger partial charge on any atom is -0.00989 e. The van der Waals surface area contributed by atoms with Gasteiger partial charge in [0.2, 0.25) is 0 Å². The number of fused-ring (bicyclic) bond motifs is 3. The highest BCUT2D eigenvalue weighted by molar-refractivity contribution is 6.12. The van der Waals surface area contributed by atoms with Gasteiger partial charge in [-0.3, -0.25) is 0 Å². The normalized spacial score (nSPS) is 11.1. The lowest BCUT2D eigenvalue weighted by atomic mass is 9.93. The van der Waals surface area contributed by atoms with Gasteiger partial charge in [0.05, 0.1) is 0 Å². The summed E-state index contributed by atoms with van der Waals surface area (Å²) in [4.78, 5) is 0. The predicted molar refractivity (Wildman–Crippen MR) is 91.6 cm³/mol. The molecule has 0 unspecified atom stereocenters. The number of hydrogen-bond acceptors (Lipinski definition) is 0. The van der Waals surface area contributed by atoms with Gasteiger partial charge < -0.3 is 0 Å². The van der Waals surface area contributed by atoms with Gasteiger partial charge in [0.15, 0.2) is 0 Å². The summed E-state index contributed by atoms with van der Waals surface area (Å²) in [5, 5.41) is 5.27. The summed E-state index contributed by atoms with van der Waals surface area (Å²) in [6.45, 7) is 2.18. The van der Waals surface area contributed by atoms with E-state index in [4.69, 9.17) is 0 Å². The minimum absolute atomic E-state index is 1.30. The third-order valence-electron chi connectivity index (χ3n) is 4.22. The van der Waals surface area contributed by atoms with Crippen molar-refractivity contribution in [2.45, 2.75) is 6.92 Å². The van der Waals surface area contributed by atoms with Crippen LogP contribution in [0.1, 0.15) is 5.56 Å². The molecule has 0 fully saturated rings. The first kappa shape index (κ1) is 12.2. The fourth-order valence-electron chi connectivity index (χ4n) is 3.15. The third kappa shape index (κ3) is 1.92. The molecular weight excluding hydrogens is 252 g/mol. The summed E-state index contributed by atoms with van der Waals surface area (Å²) >= 11 is 0. The number of benzene rings is 4. The molecule has 0 saturated carbocycles. The lowest BCUT2D eigenvalue weighted by Crippen LogP contribution is -1.85. The third-order valence-corrected chi connectivity index (χ3v) is 4.22. The molecular formula is C21H16. The Morgan fingerprint density at radius 3 is 2.10 bits per heavy atom. The van der Waals surface area contributed by atoms with Crippen LogP contribution in [-0.4, -0.2) is 0 Å². The van der Waals surface area contributed by atoms with E-state index >= 15 is 0 Å². The van der Waals surface area contributed by atoms with E-state index in [1.165, 1.54) is 38.2 Å². The van der Waals surface area contributed by atoms with Crippen molar-refractivity contribution >= 4 is 21.5 Å². The zero-order chi connectivity index (χ0) is 14.2. The Morgan fingerprint density at radius 1 is 0.476 bits per heavy atom. The van der Waals surface area contributed by atoms with E-state index in [-0.39, 0.29) is 0 Å². The van der Waals surface area contributed by atoms with Crippen molar-refractivity contribution in [3.8, 4) is 11.1 Å². The Kier molecular flexibility index (Phi) is 2.75. The zero-order valence-electron chi connectivity index (χ0n) is 12.0. The highest BCUT2D eigenvalue weighted by Gasteiger charge is 2.07. The summed E-state index contributed by atoms with van der Waals surface area (Å²) in [6.07, 6.45) is 0. The van der Waals surface area contributed by atoms with Crippen LogP contribution in [0.3, 0.4) is 0 Å². The Hall–Kier alpha value is -2.60. The summed E-state index contributed by atoms with van der Waals surface area (Å²) in [5.74, 6) is 0. The molecule has 0 saturated heterocycles. The predicted octanol–water partition coefficient (Wildman–Crippen LogP) is 5.97. The summed E-state index contributed by atoms with van der Waals surface area (Å²) in [6, 6.07) is 28.3. The van der Waals surface area contributed by atoms with E-state index in [9.17, 15) is 0 Å². The summed E-state index contributed by atoms with van der Waals surface area (Å²) < 4.78 is 0. The minimum Gasteiger partial charge on any atom is -0.0620 e. The van der Waals surface area contributed by atoms with Crippen molar-refractivity contribution in [2.24, 2.45) is 0 Å². The summed E-state index contributed by atoms with van der Waals surface area (Å²) in [5.41, 5.74) is 3.95. The van der Waals surface area contributed by atoms with Gasteiger partial charge >= 0.3 is 0 Å². The van der Waals surface area contributed by atoms with Crippen molar-refractivity contribution < 1.29 is 0 Å². The molecule has 0 heteroatoms. The Morgan fingerprint density at radius 2 is 1.19 bits per heavy atom. The van der Waals surface area contributed by atoms with Crippen LogP contribution < -0.4 is 0 Å². The quantitative estimate of drug-likeness (QED) is 0.373. The molecule has 0 aliphatic heterocycles. The van der Waals surface area contributed by atoms with Gasteiger partial charge in [0.25, 0.3) is 0 Å². The molecule has 4 rings (SSSR count). The van der Waals surface area contributed by atoms with Crippen LogP contribution >= 0.6 is 0 Å². The number of rotatable bonds is 1. The molecule has 0 atom stereocenters. The standard InChI is InChI=1S/C21H16/c1-15-7-2-4-9-17(15)19-11-6-12-20-18-10-5-3-8-16(18)13-14-21(19)20/h2-14H,1H3. The molecule has 4 aromatic carbocycles. The summed E-state index contributed by atoms with van der Waals surface area (Å²) in [7, 11) is 0. The van der Waals surface area contributed by atoms with Crippen molar-refractivity contribution in [3.63, 3.8) is 0 Å². The molecule has 4 aromatic rings. The first-order chi connectivity index (χ1) is 10.3. The molecule has 0 spiro atoms. The Balaban J connectivity index is 2.12. The second-order valence-corrected chi connectivity index (χ2v) is 5.50. The molecule has 0 N–H and O–H groups in total. The van der Waals surface area contributed by atoms with Gasteiger partial charge in [-0.05, 0) is 45.2 Å². The maximum atomic E-state index is 2.25. The molecule has 0 radical (unpaired) electrons. The molecule has 21 heavy (non-hydrogen) atoms. The van der Waals surface area contributed by atoms with Crippen LogP contribution in [0.5, 0.6) is 0 Å². The van der Waals surface area contributed by atoms with Gasteiger partial charge in [-0.1, -0.05) is 78.9 Å². The highest BCUT2D eigenvalue weighted by atomic mass is 14.1. The van der Waals surface area contributed by atoms with E-state index in [0.29, 0.717) is 0 Å². The molecule has 0 aliphatic carbocycles. The van der Waals surface area contributed by atoms with Gasteiger partial charge in [-0.25, -0.2) is 0 Å². The van der Waals surface area contributed by atoms with Crippen LogP contribution in [0.25, 0.3) is 32.7 Å². The van der Waals surface area contributed by atoms with Gasteiger partial charge in [0, 0.05) is 0 Å². The van der Waals surface area contributed by atoms with Crippen LogP contribution in [0.2, 0.25) is 0 Å². The topological polar surface area (TPSA) is 0 Å². The SMILES string of the molecule is Cc1ccccc1-c1cccc2c1ccc1ccccc12. The molecule has 0 bridgehead atoms. The average Bonchev–Trinajstić information content (AvgIpc) is 2.55. The van der Waals surface area contributed by atoms with E-state index < -0.39 is 0 Å². The van der Waals surface area contributed by atoms with E-state index in [1.54, 1.807) is 0 Å². The van der Waals surface area contributed by atoms with Crippen molar-refractivity contribution in [1.29, 1.82) is 0 Å². The second-order valence-electron chi connectivity index (χ2n) is 5.50. The van der Waals surface area contributed by atoms with Crippen LogP contribution in [-0.2, 0) is 0 Å². The maximum absolute atomic E-state index is 2.25. The van der Waals surface area contributed by atoms with Crippen molar-refractivity contribution in [2.75, 3.05) is 0 Å². The van der Waals surface area contributed by atoms with Crippen molar-refractivity contribution in [1.82, 2.24) is 0 Å². The minimum atomic E-state index is 1.30. The monoisotopic (exact) mass is 268 g/mol.